The number of nitrogens with two attached hydrogens (primary N) is 1. The fourth-order valence-electron chi connectivity index (χ4n) is 7.15. The minimum absolute atomic E-state index is 0.0497. The first kappa shape index (κ1) is 28.9. The van der Waals surface area contributed by atoms with Gasteiger partial charge in [0, 0.05) is 52.1 Å². The van der Waals surface area contributed by atoms with Gasteiger partial charge in [0.1, 0.15) is 10.7 Å². The molecule has 6 heterocycles. The Balaban J connectivity index is 1.28. The lowest BCUT2D eigenvalue weighted by atomic mass is 9.87. The smallest absolute Gasteiger partial charge is 0.275 e. The van der Waals surface area contributed by atoms with Crippen molar-refractivity contribution in [2.75, 3.05) is 5.73 Å². The van der Waals surface area contributed by atoms with Crippen LogP contribution in [0.5, 0.6) is 0 Å². The largest absolute Gasteiger partial charge is 0.383 e. The molecule has 2 bridgehead atoms. The van der Waals surface area contributed by atoms with E-state index in [0.29, 0.717) is 47.5 Å². The molecule has 4 aromatic heterocycles. The molecule has 3 atom stereocenters. The molecule has 3 unspecified atom stereocenters. The zero-order valence-corrected chi connectivity index (χ0v) is 26.0. The summed E-state index contributed by atoms with van der Waals surface area (Å²) in [6.45, 7) is 3.95. The van der Waals surface area contributed by atoms with Crippen LogP contribution < -0.4 is 5.73 Å². The van der Waals surface area contributed by atoms with E-state index in [9.17, 15) is 13.8 Å². The van der Waals surface area contributed by atoms with E-state index in [0.717, 1.165) is 40.9 Å². The number of amides is 1. The fraction of sp³-hybridized carbons (Fsp3) is 0.303. The van der Waals surface area contributed by atoms with Crippen LogP contribution in [0.1, 0.15) is 66.0 Å². The summed E-state index contributed by atoms with van der Waals surface area (Å²) in [7, 11) is -3.42. The van der Waals surface area contributed by atoms with Gasteiger partial charge in [-0.25, -0.2) is 4.98 Å². The molecule has 0 radical (unpaired) electrons. The highest BCUT2D eigenvalue weighted by Gasteiger charge is 2.46. The first-order valence-electron chi connectivity index (χ1n) is 15.1. The molecule has 230 valence electrons. The normalized spacial score (nSPS) is 20.8. The highest BCUT2D eigenvalue weighted by atomic mass is 32.2. The Morgan fingerprint density at radius 1 is 1.11 bits per heavy atom. The molecule has 12 heteroatoms. The number of fused-ring (bicyclic) bond motifs is 3. The van der Waals surface area contributed by atoms with Crippen LogP contribution in [0.2, 0.25) is 0 Å². The maximum atomic E-state index is 13.8. The molecule has 11 nitrogen and oxygen atoms in total. The van der Waals surface area contributed by atoms with Crippen LogP contribution in [0.25, 0.3) is 28.0 Å². The molecule has 7 rings (SSSR count). The second-order valence-corrected chi connectivity index (χ2v) is 14.0. The zero-order chi connectivity index (χ0) is 31.5. The van der Waals surface area contributed by atoms with Crippen LogP contribution in [-0.4, -0.2) is 68.4 Å². The fourth-order valence-corrected chi connectivity index (χ4v) is 8.25. The number of nitrogens with zero attached hydrogens (tertiary/aromatic N) is 6. The minimum Gasteiger partial charge on any atom is -0.383 e. The van der Waals surface area contributed by atoms with Crippen LogP contribution in [0.4, 0.5) is 5.82 Å². The molecule has 45 heavy (non-hydrogen) atoms. The Morgan fingerprint density at radius 3 is 2.49 bits per heavy atom. The van der Waals surface area contributed by atoms with E-state index < -0.39 is 9.52 Å². The number of hydrogen-bond donors (Lipinski definition) is 2. The third-order valence-electron chi connectivity index (χ3n) is 9.29. The van der Waals surface area contributed by atoms with E-state index in [-0.39, 0.29) is 34.6 Å². The van der Waals surface area contributed by atoms with E-state index in [1.807, 2.05) is 61.2 Å². The molecule has 2 aliphatic rings. The van der Waals surface area contributed by atoms with E-state index in [1.54, 1.807) is 12.4 Å². The summed E-state index contributed by atoms with van der Waals surface area (Å²) in [6.07, 6.45) is 7.00. The summed E-state index contributed by atoms with van der Waals surface area (Å²) in [6, 6.07) is 13.7. The van der Waals surface area contributed by atoms with Crippen LogP contribution in [0, 0.1) is 6.92 Å². The zero-order valence-electron chi connectivity index (χ0n) is 25.1. The van der Waals surface area contributed by atoms with Crippen molar-refractivity contribution in [1.29, 1.82) is 0 Å². The summed E-state index contributed by atoms with van der Waals surface area (Å²) in [5, 5.41) is 11.8. The van der Waals surface area contributed by atoms with Crippen molar-refractivity contribution in [3.8, 4) is 22.4 Å². The lowest BCUT2D eigenvalue weighted by Gasteiger charge is -2.39. The lowest BCUT2D eigenvalue weighted by Crippen LogP contribution is -2.46. The predicted molar refractivity (Wildman–Crippen MR) is 174 cm³/mol. The van der Waals surface area contributed by atoms with Gasteiger partial charge in [0.15, 0.2) is 11.3 Å². The van der Waals surface area contributed by atoms with Gasteiger partial charge < -0.3 is 10.6 Å². The van der Waals surface area contributed by atoms with Gasteiger partial charge in [-0.15, -0.1) is 0 Å². The summed E-state index contributed by atoms with van der Waals surface area (Å²) < 4.78 is 15.0. The van der Waals surface area contributed by atoms with Gasteiger partial charge in [0.2, 0.25) is 5.62 Å². The van der Waals surface area contributed by atoms with Crippen molar-refractivity contribution in [3.05, 3.63) is 77.5 Å². The lowest BCUT2D eigenvalue weighted by molar-refractivity contribution is 0.0561. The van der Waals surface area contributed by atoms with Crippen molar-refractivity contribution in [2.45, 2.75) is 68.8 Å². The topological polar surface area (TPSA) is 152 Å². The van der Waals surface area contributed by atoms with E-state index in [4.69, 9.17) is 10.7 Å². The van der Waals surface area contributed by atoms with Gasteiger partial charge in [0.25, 0.3) is 5.91 Å². The number of rotatable bonds is 7. The molecule has 0 spiro atoms. The van der Waals surface area contributed by atoms with E-state index in [2.05, 4.69) is 26.2 Å². The van der Waals surface area contributed by atoms with Gasteiger partial charge >= 0.3 is 0 Å². The molecule has 2 fully saturated rings. The molecule has 1 amide bonds. The van der Waals surface area contributed by atoms with Crippen LogP contribution in [0.3, 0.4) is 0 Å². The van der Waals surface area contributed by atoms with E-state index >= 15 is 0 Å². The number of benzene rings is 1. The molecule has 3 N–H and O–H groups in total. The molecule has 1 aromatic carbocycles. The Labute approximate surface area is 260 Å². The molecule has 0 aliphatic carbocycles. The first-order valence-corrected chi connectivity index (χ1v) is 16.9. The second kappa shape index (κ2) is 11.0. The average Bonchev–Trinajstić information content (AvgIpc) is 3.73. The highest BCUT2D eigenvalue weighted by molar-refractivity contribution is 8.12. The quantitative estimate of drug-likeness (QED) is 0.200. The van der Waals surface area contributed by atoms with Crippen molar-refractivity contribution in [3.63, 3.8) is 0 Å². The number of pyridine rings is 1. The van der Waals surface area contributed by atoms with Gasteiger partial charge in [-0.05, 0) is 51.0 Å². The standard InChI is InChI=1S/C33H34N8O3S/c1-4-25-19(2)38-39-29(25)33(43)40-23-11-12-24(40)15-22(14-23)28-30(45(3,44)18-42)31(34)41-32(37-28)26(17-36-41)21-10-13-27(35-16-21)20-8-6-5-7-9-20/h5-10,13,16-18,22-24H,3-4,11-12,14-15,34H2,1-2H3,(H,38,39). The van der Waals surface area contributed by atoms with Crippen LogP contribution in [-0.2, 0) is 20.7 Å². The van der Waals surface area contributed by atoms with Crippen molar-refractivity contribution in [2.24, 2.45) is 0 Å². The van der Waals surface area contributed by atoms with Crippen LogP contribution in [0.15, 0.2) is 59.8 Å². The van der Waals surface area contributed by atoms with Crippen molar-refractivity contribution >= 4 is 38.4 Å². The van der Waals surface area contributed by atoms with E-state index in [1.165, 1.54) is 4.52 Å². The minimum atomic E-state index is -3.42. The molecular weight excluding hydrogens is 588 g/mol. The number of aryl methyl sites for hydroxylation is 1. The Morgan fingerprint density at radius 2 is 1.84 bits per heavy atom. The second-order valence-electron chi connectivity index (χ2n) is 11.9. The maximum absolute atomic E-state index is 13.8. The third-order valence-corrected chi connectivity index (χ3v) is 10.7. The molecule has 2 aliphatic heterocycles. The van der Waals surface area contributed by atoms with Gasteiger partial charge in [-0.1, -0.05) is 43.3 Å². The number of piperidine rings is 1. The van der Waals surface area contributed by atoms with Gasteiger partial charge in [-0.2, -0.15) is 14.7 Å². The number of carbonyl (C=O) groups is 2. The number of nitrogens with one attached hydrogen (secondary N) is 1. The number of anilines is 1. The molecule has 2 saturated heterocycles. The number of carbonyl (C=O) groups excluding carboxylic acids is 2. The number of aromatic amines is 1. The Kier molecular flexibility index (Phi) is 7.03. The number of hydrogen-bond acceptors (Lipinski definition) is 8. The molecular formula is C33H34N8O3S. The summed E-state index contributed by atoms with van der Waals surface area (Å²) in [4.78, 5) is 37.7. The maximum Gasteiger partial charge on any atom is 0.275 e. The summed E-state index contributed by atoms with van der Waals surface area (Å²) >= 11 is 0. The highest BCUT2D eigenvalue weighted by Crippen LogP contribution is 2.46. The van der Waals surface area contributed by atoms with Gasteiger partial charge in [0.05, 0.1) is 27.1 Å². The molecule has 0 saturated carbocycles. The van der Waals surface area contributed by atoms with Crippen molar-refractivity contribution < 1.29 is 13.8 Å². The predicted octanol–water partition coefficient (Wildman–Crippen LogP) is 4.45. The summed E-state index contributed by atoms with van der Waals surface area (Å²) in [5.74, 6) is 3.58. The Bertz CT molecular complexity index is 2040. The number of nitrogen functional groups attached to an aromatic ring is 1. The summed E-state index contributed by atoms with van der Waals surface area (Å²) in [5.41, 5.74) is 13.6. The third kappa shape index (κ3) is 4.71. The first-order chi connectivity index (χ1) is 21.7. The molecule has 5 aromatic rings. The Hall–Kier alpha value is -4.84. The monoisotopic (exact) mass is 622 g/mol. The number of H-pyrrole nitrogens is 1. The SMILES string of the molecule is C=S(=O)(C=O)c1c(C2CC3CCC(C2)N3C(=O)c2n[nH]c(C)c2CC)nc2c(-c3ccc(-c4ccccc4)nc3)cnn2c1N. The van der Waals surface area contributed by atoms with Crippen molar-refractivity contribution in [1.82, 2.24) is 34.7 Å². The van der Waals surface area contributed by atoms with Crippen LogP contribution >= 0.6 is 0 Å². The number of aromatic nitrogens is 6. The van der Waals surface area contributed by atoms with Gasteiger partial charge in [-0.3, -0.25) is 23.9 Å². The average molecular weight is 623 g/mol.